The summed E-state index contributed by atoms with van der Waals surface area (Å²) < 4.78 is 5.01. The zero-order valence-electron chi connectivity index (χ0n) is 9.04. The summed E-state index contributed by atoms with van der Waals surface area (Å²) >= 11 is 0. The third-order valence-corrected chi connectivity index (χ3v) is 2.01. The molecular weight excluding hydrogens is 218 g/mol. The highest BCUT2D eigenvalue weighted by Gasteiger charge is 2.03. The van der Waals surface area contributed by atoms with Gasteiger partial charge in [-0.05, 0) is 5.56 Å². The van der Waals surface area contributed by atoms with Crippen LogP contribution in [0.2, 0.25) is 0 Å². The zero-order valence-corrected chi connectivity index (χ0v) is 9.04. The number of carbonyl (C=O) groups excluding carboxylic acids is 1. The maximum absolute atomic E-state index is 11.4. The number of hydrogen-bond acceptors (Lipinski definition) is 4. The largest absolute Gasteiger partial charge is 0.444 e. The van der Waals surface area contributed by atoms with Crippen molar-refractivity contribution in [3.63, 3.8) is 0 Å². The van der Waals surface area contributed by atoms with Gasteiger partial charge in [0, 0.05) is 12.4 Å². The smallest absolute Gasteiger partial charge is 0.413 e. The monoisotopic (exact) mass is 229 g/mol. The number of anilines is 1. The Labute approximate surface area is 98.5 Å². The maximum Gasteiger partial charge on any atom is 0.413 e. The van der Waals surface area contributed by atoms with E-state index in [1.807, 2.05) is 30.3 Å². The normalized spacial score (nSPS) is 9.65. The molecule has 2 rings (SSSR count). The fourth-order valence-corrected chi connectivity index (χ4v) is 1.23. The van der Waals surface area contributed by atoms with Gasteiger partial charge in [0.25, 0.3) is 0 Å². The van der Waals surface area contributed by atoms with Crippen LogP contribution in [-0.2, 0) is 11.3 Å². The third kappa shape index (κ3) is 3.57. The Morgan fingerprint density at radius 1 is 1.24 bits per heavy atom. The van der Waals surface area contributed by atoms with Gasteiger partial charge in [0.05, 0.1) is 6.20 Å². The van der Waals surface area contributed by atoms with E-state index in [4.69, 9.17) is 4.74 Å². The Morgan fingerprint density at radius 3 is 2.76 bits per heavy atom. The number of hydrogen-bond donors (Lipinski definition) is 1. The molecule has 0 bridgehead atoms. The summed E-state index contributed by atoms with van der Waals surface area (Å²) in [6, 6.07) is 9.45. The predicted octanol–water partition coefficient (Wildman–Crippen LogP) is 2.23. The van der Waals surface area contributed by atoms with E-state index < -0.39 is 6.09 Å². The first-order valence-corrected chi connectivity index (χ1v) is 5.08. The van der Waals surface area contributed by atoms with Crippen molar-refractivity contribution < 1.29 is 9.53 Å². The van der Waals surface area contributed by atoms with Gasteiger partial charge in [-0.2, -0.15) is 0 Å². The Hall–Kier alpha value is -2.43. The van der Waals surface area contributed by atoms with Crippen molar-refractivity contribution in [3.8, 4) is 0 Å². The highest BCUT2D eigenvalue weighted by Crippen LogP contribution is 2.03. The fourth-order valence-electron chi connectivity index (χ4n) is 1.23. The summed E-state index contributed by atoms with van der Waals surface area (Å²) in [5.41, 5.74) is 0.932. The molecule has 5 nitrogen and oxygen atoms in total. The van der Waals surface area contributed by atoms with Crippen molar-refractivity contribution in [2.75, 3.05) is 5.32 Å². The lowest BCUT2D eigenvalue weighted by atomic mass is 10.2. The quantitative estimate of drug-likeness (QED) is 0.876. The number of nitrogens with one attached hydrogen (secondary N) is 1. The van der Waals surface area contributed by atoms with Crippen LogP contribution in [0, 0.1) is 0 Å². The lowest BCUT2D eigenvalue weighted by Gasteiger charge is -2.05. The van der Waals surface area contributed by atoms with E-state index >= 15 is 0 Å². The first kappa shape index (κ1) is 11.1. The van der Waals surface area contributed by atoms with Crippen molar-refractivity contribution >= 4 is 11.9 Å². The topological polar surface area (TPSA) is 64.1 Å². The van der Waals surface area contributed by atoms with E-state index in [9.17, 15) is 4.79 Å². The highest BCUT2D eigenvalue weighted by atomic mass is 16.5. The van der Waals surface area contributed by atoms with Gasteiger partial charge in [-0.1, -0.05) is 30.3 Å². The Bertz CT molecular complexity index is 474. The second kappa shape index (κ2) is 5.60. The van der Waals surface area contributed by atoms with Crippen molar-refractivity contribution in [3.05, 3.63) is 54.5 Å². The van der Waals surface area contributed by atoms with Crippen LogP contribution in [0.3, 0.4) is 0 Å². The molecule has 0 radical (unpaired) electrons. The van der Waals surface area contributed by atoms with Crippen molar-refractivity contribution in [2.45, 2.75) is 6.61 Å². The second-order valence-electron chi connectivity index (χ2n) is 3.28. The standard InChI is InChI=1S/C12H11N3O2/c16-12(15-11-8-13-6-7-14-11)17-9-10-4-2-1-3-5-10/h1-8H,9H2,(H,14,15,16). The van der Waals surface area contributed by atoms with E-state index in [1.54, 1.807) is 0 Å². The molecule has 17 heavy (non-hydrogen) atoms. The minimum absolute atomic E-state index is 0.229. The molecule has 0 saturated carbocycles. The number of aromatic nitrogens is 2. The van der Waals surface area contributed by atoms with Gasteiger partial charge in [0.2, 0.25) is 0 Å². The number of ether oxygens (including phenoxy) is 1. The summed E-state index contributed by atoms with van der Waals surface area (Å²) in [5.74, 6) is 0.366. The molecule has 0 unspecified atom stereocenters. The molecule has 86 valence electrons. The van der Waals surface area contributed by atoms with Crippen molar-refractivity contribution in [2.24, 2.45) is 0 Å². The maximum atomic E-state index is 11.4. The van der Waals surface area contributed by atoms with Crippen molar-refractivity contribution in [1.29, 1.82) is 0 Å². The molecule has 0 aliphatic heterocycles. The van der Waals surface area contributed by atoms with Crippen LogP contribution in [-0.4, -0.2) is 16.1 Å². The predicted molar refractivity (Wildman–Crippen MR) is 62.3 cm³/mol. The zero-order chi connectivity index (χ0) is 11.9. The van der Waals surface area contributed by atoms with E-state index in [2.05, 4.69) is 15.3 Å². The summed E-state index contributed by atoms with van der Waals surface area (Å²) in [6.07, 6.45) is 3.92. The Kier molecular flexibility index (Phi) is 3.64. The van der Waals surface area contributed by atoms with Gasteiger partial charge in [-0.15, -0.1) is 0 Å². The Morgan fingerprint density at radius 2 is 2.06 bits per heavy atom. The second-order valence-corrected chi connectivity index (χ2v) is 3.28. The van der Waals surface area contributed by atoms with Crippen LogP contribution in [0.5, 0.6) is 0 Å². The molecule has 2 aromatic rings. The number of rotatable bonds is 3. The van der Waals surface area contributed by atoms with Crippen LogP contribution in [0.25, 0.3) is 0 Å². The van der Waals surface area contributed by atoms with Crippen molar-refractivity contribution in [1.82, 2.24) is 9.97 Å². The van der Waals surface area contributed by atoms with E-state index in [1.165, 1.54) is 18.6 Å². The molecule has 0 saturated heterocycles. The molecule has 1 aromatic carbocycles. The highest BCUT2D eigenvalue weighted by molar-refractivity contribution is 5.82. The lowest BCUT2D eigenvalue weighted by Crippen LogP contribution is -2.14. The lowest BCUT2D eigenvalue weighted by molar-refractivity contribution is 0.155. The van der Waals surface area contributed by atoms with Crippen LogP contribution in [0.4, 0.5) is 10.6 Å². The van der Waals surface area contributed by atoms with Gasteiger partial charge < -0.3 is 4.74 Å². The molecule has 0 aliphatic rings. The molecule has 0 spiro atoms. The first-order chi connectivity index (χ1) is 8.34. The molecule has 1 N–H and O–H groups in total. The number of benzene rings is 1. The molecule has 0 aliphatic carbocycles. The van der Waals surface area contributed by atoms with Gasteiger partial charge in [0.1, 0.15) is 6.61 Å². The summed E-state index contributed by atoms with van der Waals surface area (Å²) in [5, 5.41) is 2.48. The molecular formula is C12H11N3O2. The number of carbonyl (C=O) groups is 1. The molecule has 1 amide bonds. The fraction of sp³-hybridized carbons (Fsp3) is 0.0833. The first-order valence-electron chi connectivity index (χ1n) is 5.08. The average molecular weight is 229 g/mol. The molecule has 1 heterocycles. The van der Waals surface area contributed by atoms with E-state index in [0.29, 0.717) is 5.82 Å². The van der Waals surface area contributed by atoms with Crippen LogP contribution in [0.1, 0.15) is 5.56 Å². The summed E-state index contributed by atoms with van der Waals surface area (Å²) in [6.45, 7) is 0.229. The van der Waals surface area contributed by atoms with Crippen LogP contribution < -0.4 is 5.32 Å². The molecule has 0 fully saturated rings. The molecule has 5 heteroatoms. The van der Waals surface area contributed by atoms with Gasteiger partial charge in [-0.25, -0.2) is 9.78 Å². The van der Waals surface area contributed by atoms with Gasteiger partial charge >= 0.3 is 6.09 Å². The van der Waals surface area contributed by atoms with Crippen LogP contribution >= 0.6 is 0 Å². The van der Waals surface area contributed by atoms with E-state index in [-0.39, 0.29) is 6.61 Å². The minimum atomic E-state index is -0.547. The SMILES string of the molecule is O=C(Nc1cnccn1)OCc1ccccc1. The number of amides is 1. The summed E-state index contributed by atoms with van der Waals surface area (Å²) in [7, 11) is 0. The number of nitrogens with zero attached hydrogens (tertiary/aromatic N) is 2. The summed E-state index contributed by atoms with van der Waals surface area (Å²) in [4.78, 5) is 19.1. The third-order valence-electron chi connectivity index (χ3n) is 2.01. The van der Waals surface area contributed by atoms with Crippen LogP contribution in [0.15, 0.2) is 48.9 Å². The Balaban J connectivity index is 1.83. The minimum Gasteiger partial charge on any atom is -0.444 e. The van der Waals surface area contributed by atoms with Gasteiger partial charge in [0.15, 0.2) is 5.82 Å². The molecule has 0 atom stereocenters. The average Bonchev–Trinajstić information content (AvgIpc) is 2.39. The van der Waals surface area contributed by atoms with Gasteiger partial charge in [-0.3, -0.25) is 10.3 Å². The van der Waals surface area contributed by atoms with E-state index in [0.717, 1.165) is 5.56 Å². The molecule has 1 aromatic heterocycles.